The number of nitrogen functional groups attached to an aromatic ring is 1. The van der Waals surface area contributed by atoms with Gasteiger partial charge in [-0.05, 0) is 25.3 Å². The summed E-state index contributed by atoms with van der Waals surface area (Å²) in [7, 11) is 1.62. The van der Waals surface area contributed by atoms with Crippen molar-refractivity contribution in [3.8, 4) is 17.1 Å². The molecule has 0 saturated heterocycles. The van der Waals surface area contributed by atoms with Crippen LogP contribution in [-0.4, -0.2) is 28.3 Å². The van der Waals surface area contributed by atoms with E-state index in [-0.39, 0.29) is 5.95 Å². The quantitative estimate of drug-likeness (QED) is 0.854. The number of aromatic nitrogens is 3. The Morgan fingerprint density at radius 1 is 1.22 bits per heavy atom. The number of hydrogen-bond acceptors (Lipinski definition) is 6. The fourth-order valence-electron chi connectivity index (χ4n) is 1.58. The topological polar surface area (TPSA) is 73.9 Å². The molecule has 18 heavy (non-hydrogen) atoms. The molecule has 5 nitrogen and oxygen atoms in total. The monoisotopic (exact) mass is 262 g/mol. The molecule has 0 saturated carbocycles. The lowest BCUT2D eigenvalue weighted by atomic mass is 10.1. The number of hydrogen-bond donors (Lipinski definition) is 1. The van der Waals surface area contributed by atoms with Gasteiger partial charge in [-0.15, -0.1) is 0 Å². The maximum Gasteiger partial charge on any atom is 0.224 e. The van der Waals surface area contributed by atoms with Crippen LogP contribution < -0.4 is 10.5 Å². The highest BCUT2D eigenvalue weighted by Crippen LogP contribution is 2.29. The molecular weight excluding hydrogens is 248 g/mol. The SMILES string of the molecule is COc1ccc(C)cc1-c1nc(N)nc(SC)n1. The van der Waals surface area contributed by atoms with Crippen molar-refractivity contribution in [3.63, 3.8) is 0 Å². The molecule has 2 rings (SSSR count). The van der Waals surface area contributed by atoms with Gasteiger partial charge >= 0.3 is 0 Å². The average Bonchev–Trinajstić information content (AvgIpc) is 2.38. The standard InChI is InChI=1S/C12H14N4OS/c1-7-4-5-9(17-2)8(6-7)10-14-11(13)16-12(15-10)18-3/h4-6H,1-3H3,(H2,13,14,15,16). The summed E-state index contributed by atoms with van der Waals surface area (Å²) in [5, 5.41) is 0.598. The van der Waals surface area contributed by atoms with Crippen LogP contribution in [0.1, 0.15) is 5.56 Å². The molecule has 0 fully saturated rings. The van der Waals surface area contributed by atoms with E-state index in [9.17, 15) is 0 Å². The van der Waals surface area contributed by atoms with Crippen molar-refractivity contribution >= 4 is 17.7 Å². The number of nitrogens with zero attached hydrogens (tertiary/aromatic N) is 3. The molecule has 2 N–H and O–H groups in total. The second kappa shape index (κ2) is 5.22. The summed E-state index contributed by atoms with van der Waals surface area (Å²) in [6.45, 7) is 2.00. The molecule has 0 aliphatic rings. The summed E-state index contributed by atoms with van der Waals surface area (Å²) >= 11 is 1.43. The molecule has 0 aliphatic heterocycles. The molecule has 6 heteroatoms. The summed E-state index contributed by atoms with van der Waals surface area (Å²) in [5.74, 6) is 1.47. The molecule has 94 valence electrons. The maximum atomic E-state index is 5.69. The van der Waals surface area contributed by atoms with Gasteiger partial charge < -0.3 is 10.5 Å². The zero-order chi connectivity index (χ0) is 13.1. The van der Waals surface area contributed by atoms with Crippen LogP contribution in [0.25, 0.3) is 11.4 Å². The van der Waals surface area contributed by atoms with Crippen LogP contribution >= 0.6 is 11.8 Å². The third-order valence-corrected chi connectivity index (χ3v) is 2.96. The van der Waals surface area contributed by atoms with Crippen molar-refractivity contribution in [2.24, 2.45) is 0 Å². The summed E-state index contributed by atoms with van der Waals surface area (Å²) < 4.78 is 5.32. The van der Waals surface area contributed by atoms with Crippen LogP contribution in [0.15, 0.2) is 23.4 Å². The summed E-state index contributed by atoms with van der Waals surface area (Å²) in [4.78, 5) is 12.6. The van der Waals surface area contributed by atoms with E-state index in [1.165, 1.54) is 11.8 Å². The molecule has 0 unspecified atom stereocenters. The van der Waals surface area contributed by atoms with Crippen molar-refractivity contribution < 1.29 is 4.74 Å². The Morgan fingerprint density at radius 2 is 2.00 bits per heavy atom. The van der Waals surface area contributed by atoms with Crippen molar-refractivity contribution in [2.45, 2.75) is 12.1 Å². The first kappa shape index (κ1) is 12.6. The Labute approximate surface area is 110 Å². The van der Waals surface area contributed by atoms with Crippen LogP contribution in [-0.2, 0) is 0 Å². The molecule has 0 radical (unpaired) electrons. The third kappa shape index (κ3) is 2.53. The summed E-state index contributed by atoms with van der Waals surface area (Å²) in [6, 6.07) is 5.84. The zero-order valence-electron chi connectivity index (χ0n) is 10.5. The van der Waals surface area contributed by atoms with E-state index in [0.717, 1.165) is 16.9 Å². The second-order valence-electron chi connectivity index (χ2n) is 3.71. The van der Waals surface area contributed by atoms with Crippen LogP contribution in [0.4, 0.5) is 5.95 Å². The highest BCUT2D eigenvalue weighted by Gasteiger charge is 2.11. The van der Waals surface area contributed by atoms with Crippen LogP contribution in [0.5, 0.6) is 5.75 Å². The molecule has 1 aromatic heterocycles. The number of thioether (sulfide) groups is 1. The molecule has 2 aromatic rings. The number of anilines is 1. The predicted molar refractivity (Wildman–Crippen MR) is 72.7 cm³/mol. The van der Waals surface area contributed by atoms with Crippen molar-refractivity contribution in [2.75, 3.05) is 19.1 Å². The first-order chi connectivity index (χ1) is 8.63. The second-order valence-corrected chi connectivity index (χ2v) is 4.48. The van der Waals surface area contributed by atoms with Gasteiger partial charge in [-0.3, -0.25) is 0 Å². The van der Waals surface area contributed by atoms with Gasteiger partial charge in [-0.25, -0.2) is 4.98 Å². The van der Waals surface area contributed by atoms with Gasteiger partial charge in [-0.2, -0.15) is 9.97 Å². The van der Waals surface area contributed by atoms with E-state index < -0.39 is 0 Å². The molecular formula is C12H14N4OS. The van der Waals surface area contributed by atoms with Gasteiger partial charge in [0.15, 0.2) is 11.0 Å². The number of ether oxygens (including phenoxy) is 1. The van der Waals surface area contributed by atoms with E-state index in [0.29, 0.717) is 11.0 Å². The van der Waals surface area contributed by atoms with Crippen LogP contribution in [0.2, 0.25) is 0 Å². The largest absolute Gasteiger partial charge is 0.496 e. The van der Waals surface area contributed by atoms with Gasteiger partial charge in [0.05, 0.1) is 12.7 Å². The lowest BCUT2D eigenvalue weighted by Gasteiger charge is -2.09. The number of methoxy groups -OCH3 is 1. The molecule has 0 atom stereocenters. The van der Waals surface area contributed by atoms with Crippen molar-refractivity contribution in [3.05, 3.63) is 23.8 Å². The Balaban J connectivity index is 2.60. The number of aryl methyl sites for hydroxylation is 1. The van der Waals surface area contributed by atoms with Crippen molar-refractivity contribution in [1.82, 2.24) is 15.0 Å². The summed E-state index contributed by atoms with van der Waals surface area (Å²) in [6.07, 6.45) is 1.89. The zero-order valence-corrected chi connectivity index (χ0v) is 11.3. The normalized spacial score (nSPS) is 10.4. The lowest BCUT2D eigenvalue weighted by molar-refractivity contribution is 0.416. The predicted octanol–water partition coefficient (Wildman–Crippen LogP) is 2.16. The van der Waals surface area contributed by atoms with E-state index in [4.69, 9.17) is 10.5 Å². The third-order valence-electron chi connectivity index (χ3n) is 2.41. The highest BCUT2D eigenvalue weighted by atomic mass is 32.2. The molecule has 0 amide bonds. The van der Waals surface area contributed by atoms with Gasteiger partial charge in [0, 0.05) is 0 Å². The molecule has 0 aliphatic carbocycles. The highest BCUT2D eigenvalue weighted by molar-refractivity contribution is 7.98. The van der Waals surface area contributed by atoms with E-state index in [1.807, 2.05) is 31.4 Å². The Bertz CT molecular complexity index is 574. The Hall–Kier alpha value is -1.82. The van der Waals surface area contributed by atoms with Crippen LogP contribution in [0, 0.1) is 6.92 Å². The minimum atomic E-state index is 0.216. The van der Waals surface area contributed by atoms with E-state index >= 15 is 0 Å². The van der Waals surface area contributed by atoms with Gasteiger partial charge in [-0.1, -0.05) is 23.4 Å². The average molecular weight is 262 g/mol. The number of rotatable bonds is 3. The molecule has 0 spiro atoms. The van der Waals surface area contributed by atoms with Crippen molar-refractivity contribution in [1.29, 1.82) is 0 Å². The Kier molecular flexibility index (Phi) is 3.66. The summed E-state index contributed by atoms with van der Waals surface area (Å²) in [5.41, 5.74) is 7.61. The van der Waals surface area contributed by atoms with Crippen LogP contribution in [0.3, 0.4) is 0 Å². The lowest BCUT2D eigenvalue weighted by Crippen LogP contribution is -2.02. The minimum Gasteiger partial charge on any atom is -0.496 e. The number of benzene rings is 1. The van der Waals surface area contributed by atoms with Gasteiger partial charge in [0.1, 0.15) is 5.75 Å². The van der Waals surface area contributed by atoms with Gasteiger partial charge in [0.2, 0.25) is 5.95 Å². The first-order valence-electron chi connectivity index (χ1n) is 5.34. The molecule has 1 heterocycles. The fourth-order valence-corrected chi connectivity index (χ4v) is 1.94. The fraction of sp³-hybridized carbons (Fsp3) is 0.250. The van der Waals surface area contributed by atoms with E-state index in [2.05, 4.69) is 15.0 Å². The van der Waals surface area contributed by atoms with E-state index in [1.54, 1.807) is 7.11 Å². The number of nitrogens with two attached hydrogens (primary N) is 1. The molecule has 0 bridgehead atoms. The maximum absolute atomic E-state index is 5.69. The van der Waals surface area contributed by atoms with Gasteiger partial charge in [0.25, 0.3) is 0 Å². The smallest absolute Gasteiger partial charge is 0.224 e. The Morgan fingerprint density at radius 3 is 2.67 bits per heavy atom. The minimum absolute atomic E-state index is 0.216. The molecule has 1 aromatic carbocycles. The first-order valence-corrected chi connectivity index (χ1v) is 6.57.